The molecule has 0 saturated heterocycles. The molecule has 2 aromatic carbocycles. The first kappa shape index (κ1) is 15.0. The Morgan fingerprint density at radius 1 is 1.05 bits per heavy atom. The number of nitrogens with zero attached hydrogens (tertiary/aromatic N) is 1. The molecule has 0 aliphatic carbocycles. The third-order valence-electron chi connectivity index (χ3n) is 3.02. The first-order valence-electron chi connectivity index (χ1n) is 6.49. The highest BCUT2D eigenvalue weighted by molar-refractivity contribution is 5.42. The van der Waals surface area contributed by atoms with Gasteiger partial charge in [0.2, 0.25) is 0 Å². The van der Waals surface area contributed by atoms with E-state index in [1.165, 1.54) is 6.07 Å². The number of rotatable bonds is 3. The van der Waals surface area contributed by atoms with Crippen molar-refractivity contribution in [1.29, 1.82) is 0 Å². The van der Waals surface area contributed by atoms with E-state index in [-0.39, 0.29) is 16.9 Å². The van der Waals surface area contributed by atoms with E-state index in [2.05, 4.69) is 20.8 Å². The second kappa shape index (κ2) is 5.52. The van der Waals surface area contributed by atoms with Gasteiger partial charge in [-0.25, -0.2) is 4.39 Å². The summed E-state index contributed by atoms with van der Waals surface area (Å²) in [6, 6.07) is 10.5. The van der Waals surface area contributed by atoms with Crippen molar-refractivity contribution in [2.75, 3.05) is 0 Å². The third kappa shape index (κ3) is 3.78. The van der Waals surface area contributed by atoms with Crippen LogP contribution in [0, 0.1) is 15.9 Å². The molecular weight excluding hydrogens is 273 g/mol. The Kier molecular flexibility index (Phi) is 3.93. The van der Waals surface area contributed by atoms with Crippen molar-refractivity contribution in [3.05, 3.63) is 64.0 Å². The quantitative estimate of drug-likeness (QED) is 0.601. The zero-order valence-corrected chi connectivity index (χ0v) is 12.1. The largest absolute Gasteiger partial charge is 0.457 e. The van der Waals surface area contributed by atoms with E-state index in [0.29, 0.717) is 5.75 Å². The number of hydrogen-bond acceptors (Lipinski definition) is 3. The summed E-state index contributed by atoms with van der Waals surface area (Å²) in [5, 5.41) is 10.7. The summed E-state index contributed by atoms with van der Waals surface area (Å²) in [7, 11) is 0. The molecule has 0 bridgehead atoms. The lowest BCUT2D eigenvalue weighted by molar-refractivity contribution is -0.385. The van der Waals surface area contributed by atoms with Crippen LogP contribution in [-0.4, -0.2) is 4.92 Å². The van der Waals surface area contributed by atoms with Gasteiger partial charge in [0.1, 0.15) is 17.3 Å². The number of ether oxygens (including phenoxy) is 1. The topological polar surface area (TPSA) is 52.4 Å². The maximum atomic E-state index is 13.3. The van der Waals surface area contributed by atoms with Gasteiger partial charge in [-0.3, -0.25) is 10.1 Å². The molecule has 0 aliphatic rings. The van der Waals surface area contributed by atoms with Crippen molar-refractivity contribution in [1.82, 2.24) is 0 Å². The van der Waals surface area contributed by atoms with Crippen LogP contribution in [0.4, 0.5) is 10.1 Å². The smallest absolute Gasteiger partial charge is 0.276 e. The minimum atomic E-state index is -0.703. The van der Waals surface area contributed by atoms with Gasteiger partial charge < -0.3 is 4.74 Å². The predicted molar refractivity (Wildman–Crippen MR) is 78.3 cm³/mol. The van der Waals surface area contributed by atoms with Crippen molar-refractivity contribution in [2.45, 2.75) is 26.2 Å². The van der Waals surface area contributed by atoms with E-state index in [0.717, 1.165) is 17.7 Å². The highest BCUT2D eigenvalue weighted by Crippen LogP contribution is 2.29. The van der Waals surface area contributed by atoms with Gasteiger partial charge in [-0.15, -0.1) is 0 Å². The number of non-ortho nitro benzene ring substituents is 1. The molecule has 0 aromatic heterocycles. The van der Waals surface area contributed by atoms with Crippen LogP contribution in [0.5, 0.6) is 11.5 Å². The zero-order valence-electron chi connectivity index (χ0n) is 12.1. The summed E-state index contributed by atoms with van der Waals surface area (Å²) >= 11 is 0. The molecule has 4 nitrogen and oxygen atoms in total. The monoisotopic (exact) mass is 289 g/mol. The molecule has 5 heteroatoms. The summed E-state index contributed by atoms with van der Waals surface area (Å²) in [5.41, 5.74) is 0.826. The number of nitro groups is 1. The van der Waals surface area contributed by atoms with Gasteiger partial charge in [-0.1, -0.05) is 32.9 Å². The molecule has 0 spiro atoms. The van der Waals surface area contributed by atoms with Crippen LogP contribution in [0.15, 0.2) is 42.5 Å². The van der Waals surface area contributed by atoms with Crippen LogP contribution >= 0.6 is 0 Å². The fourth-order valence-corrected chi connectivity index (χ4v) is 1.87. The van der Waals surface area contributed by atoms with Crippen molar-refractivity contribution in [3.8, 4) is 11.5 Å². The van der Waals surface area contributed by atoms with E-state index in [4.69, 9.17) is 4.74 Å². The second-order valence-electron chi connectivity index (χ2n) is 5.78. The fourth-order valence-electron chi connectivity index (χ4n) is 1.87. The van der Waals surface area contributed by atoms with Crippen molar-refractivity contribution in [2.24, 2.45) is 0 Å². The maximum absolute atomic E-state index is 13.3. The molecule has 2 aromatic rings. The highest BCUT2D eigenvalue weighted by Gasteiger charge is 2.14. The van der Waals surface area contributed by atoms with Gasteiger partial charge in [-0.05, 0) is 23.1 Å². The SMILES string of the molecule is CC(C)(C)c1ccc(Oc2cc(F)cc([N+](=O)[O-])c2)cc1. The molecule has 0 fully saturated rings. The molecule has 2 rings (SSSR count). The van der Waals surface area contributed by atoms with E-state index < -0.39 is 10.7 Å². The fraction of sp³-hybridized carbons (Fsp3) is 0.250. The van der Waals surface area contributed by atoms with Crippen LogP contribution in [0.1, 0.15) is 26.3 Å². The zero-order chi connectivity index (χ0) is 15.6. The van der Waals surface area contributed by atoms with E-state index in [9.17, 15) is 14.5 Å². The minimum absolute atomic E-state index is 0.0240. The van der Waals surface area contributed by atoms with Crippen molar-refractivity contribution < 1.29 is 14.1 Å². The lowest BCUT2D eigenvalue weighted by Crippen LogP contribution is -2.10. The Labute approximate surface area is 122 Å². The van der Waals surface area contributed by atoms with Crippen LogP contribution in [0.3, 0.4) is 0 Å². The first-order valence-corrected chi connectivity index (χ1v) is 6.49. The molecule has 0 heterocycles. The molecule has 0 saturated carbocycles. The summed E-state index contributed by atoms with van der Waals surface area (Å²) in [4.78, 5) is 10.0. The highest BCUT2D eigenvalue weighted by atomic mass is 19.1. The first-order chi connectivity index (χ1) is 9.75. The summed E-state index contributed by atoms with van der Waals surface area (Å²) in [5.74, 6) is -0.0985. The van der Waals surface area contributed by atoms with Gasteiger partial charge in [0.15, 0.2) is 0 Å². The minimum Gasteiger partial charge on any atom is -0.457 e. The maximum Gasteiger partial charge on any atom is 0.276 e. The molecule has 0 radical (unpaired) electrons. The molecule has 21 heavy (non-hydrogen) atoms. The lowest BCUT2D eigenvalue weighted by atomic mass is 9.87. The van der Waals surface area contributed by atoms with Gasteiger partial charge >= 0.3 is 0 Å². The predicted octanol–water partition coefficient (Wildman–Crippen LogP) is 4.82. The lowest BCUT2D eigenvalue weighted by Gasteiger charge is -2.19. The summed E-state index contributed by atoms with van der Waals surface area (Å²) in [6.07, 6.45) is 0. The Balaban J connectivity index is 2.24. The molecule has 0 N–H and O–H groups in total. The van der Waals surface area contributed by atoms with Gasteiger partial charge in [0.25, 0.3) is 5.69 Å². The van der Waals surface area contributed by atoms with Crippen LogP contribution in [0.25, 0.3) is 0 Å². The van der Waals surface area contributed by atoms with Crippen LogP contribution < -0.4 is 4.74 Å². The van der Waals surface area contributed by atoms with E-state index >= 15 is 0 Å². The summed E-state index contributed by atoms with van der Waals surface area (Å²) in [6.45, 7) is 6.29. The van der Waals surface area contributed by atoms with Crippen LogP contribution in [-0.2, 0) is 5.41 Å². The molecule has 110 valence electrons. The standard InChI is InChI=1S/C16H16FNO3/c1-16(2,3)11-4-6-14(7-5-11)21-15-9-12(17)8-13(10-15)18(19)20/h4-10H,1-3H3. The Hall–Kier alpha value is -2.43. The van der Waals surface area contributed by atoms with Crippen molar-refractivity contribution >= 4 is 5.69 Å². The van der Waals surface area contributed by atoms with E-state index in [1.807, 2.05) is 12.1 Å². The number of hydrogen-bond donors (Lipinski definition) is 0. The van der Waals surface area contributed by atoms with Gasteiger partial charge in [0.05, 0.1) is 17.1 Å². The Morgan fingerprint density at radius 2 is 1.67 bits per heavy atom. The van der Waals surface area contributed by atoms with Crippen LogP contribution in [0.2, 0.25) is 0 Å². The average Bonchev–Trinajstić information content (AvgIpc) is 2.37. The molecular formula is C16H16FNO3. The molecule has 0 aliphatic heterocycles. The molecule has 0 amide bonds. The average molecular weight is 289 g/mol. The Bertz CT molecular complexity index is 660. The molecule has 0 unspecified atom stereocenters. The number of benzene rings is 2. The van der Waals surface area contributed by atoms with E-state index in [1.54, 1.807) is 12.1 Å². The Morgan fingerprint density at radius 3 is 2.19 bits per heavy atom. The molecule has 0 atom stereocenters. The third-order valence-corrected chi connectivity index (χ3v) is 3.02. The van der Waals surface area contributed by atoms with Gasteiger partial charge in [0, 0.05) is 6.07 Å². The number of nitro benzene ring substituents is 1. The van der Waals surface area contributed by atoms with Crippen molar-refractivity contribution in [3.63, 3.8) is 0 Å². The second-order valence-corrected chi connectivity index (χ2v) is 5.78. The van der Waals surface area contributed by atoms with Gasteiger partial charge in [-0.2, -0.15) is 0 Å². The number of halogens is 1. The summed E-state index contributed by atoms with van der Waals surface area (Å²) < 4.78 is 18.8. The normalized spacial score (nSPS) is 11.2.